The van der Waals surface area contributed by atoms with Gasteiger partial charge in [-0.05, 0) is 41.8 Å². The van der Waals surface area contributed by atoms with E-state index in [9.17, 15) is 4.79 Å². The van der Waals surface area contributed by atoms with Gasteiger partial charge in [-0.2, -0.15) is 0 Å². The molecule has 0 radical (unpaired) electrons. The number of rotatable bonds is 8. The number of nitrogens with one attached hydrogen (secondary N) is 2. The molecule has 0 bridgehead atoms. The number of amides is 1. The zero-order valence-corrected chi connectivity index (χ0v) is 17.4. The van der Waals surface area contributed by atoms with Gasteiger partial charge in [-0.1, -0.05) is 62.0 Å². The SMILES string of the molecule is COc1ccc(NC(=O)C(Sc2n[nH]c(/C=C/c3ccccc3)n2)C(C)C)cc1. The number of methoxy groups -OCH3 is 1. The molecule has 0 fully saturated rings. The molecule has 0 aliphatic carbocycles. The van der Waals surface area contributed by atoms with Crippen LogP contribution < -0.4 is 10.1 Å². The highest BCUT2D eigenvalue weighted by atomic mass is 32.2. The third-order valence-electron chi connectivity index (χ3n) is 4.17. The lowest BCUT2D eigenvalue weighted by Crippen LogP contribution is -2.29. The summed E-state index contributed by atoms with van der Waals surface area (Å²) >= 11 is 1.35. The maximum Gasteiger partial charge on any atom is 0.238 e. The van der Waals surface area contributed by atoms with E-state index < -0.39 is 0 Å². The number of aromatic amines is 1. The molecule has 2 N–H and O–H groups in total. The number of aromatic nitrogens is 3. The third-order valence-corrected chi connectivity index (χ3v) is 5.57. The predicted octanol–water partition coefficient (Wildman–Crippen LogP) is 4.74. The van der Waals surface area contributed by atoms with Crippen LogP contribution in [0.25, 0.3) is 12.2 Å². The van der Waals surface area contributed by atoms with Crippen LogP contribution in [0.5, 0.6) is 5.75 Å². The van der Waals surface area contributed by atoms with Crippen molar-refractivity contribution >= 4 is 35.5 Å². The highest BCUT2D eigenvalue weighted by Gasteiger charge is 2.25. The molecule has 1 unspecified atom stereocenters. The number of carbonyl (C=O) groups excluding carboxylic acids is 1. The second kappa shape index (κ2) is 9.93. The van der Waals surface area contributed by atoms with Crippen LogP contribution in [0.1, 0.15) is 25.2 Å². The molecule has 0 spiro atoms. The number of hydrogen-bond donors (Lipinski definition) is 2. The standard InChI is InChI=1S/C22H24N4O2S/c1-15(2)20(21(27)23-17-10-12-18(28-3)13-11-17)29-22-24-19(25-26-22)14-9-16-7-5-4-6-8-16/h4-15,20H,1-3H3,(H,23,27)(H,24,25,26)/b14-9+. The average molecular weight is 409 g/mol. The maximum absolute atomic E-state index is 12.8. The van der Waals surface area contributed by atoms with Crippen LogP contribution in [-0.2, 0) is 4.79 Å². The number of ether oxygens (including phenoxy) is 1. The predicted molar refractivity (Wildman–Crippen MR) is 118 cm³/mol. The minimum Gasteiger partial charge on any atom is -0.497 e. The molecule has 1 atom stereocenters. The molecular weight excluding hydrogens is 384 g/mol. The second-order valence-corrected chi connectivity index (χ2v) is 7.86. The number of benzene rings is 2. The van der Waals surface area contributed by atoms with Crippen molar-refractivity contribution in [2.45, 2.75) is 24.3 Å². The summed E-state index contributed by atoms with van der Waals surface area (Å²) in [6.07, 6.45) is 3.83. The highest BCUT2D eigenvalue weighted by Crippen LogP contribution is 2.27. The Morgan fingerprint density at radius 2 is 1.83 bits per heavy atom. The van der Waals surface area contributed by atoms with Gasteiger partial charge in [0.25, 0.3) is 0 Å². The highest BCUT2D eigenvalue weighted by molar-refractivity contribution is 8.00. The Hall–Kier alpha value is -3.06. The molecule has 2 aromatic carbocycles. The van der Waals surface area contributed by atoms with Gasteiger partial charge in [0.15, 0.2) is 0 Å². The van der Waals surface area contributed by atoms with E-state index in [0.717, 1.165) is 17.0 Å². The summed E-state index contributed by atoms with van der Waals surface area (Å²) in [5, 5.41) is 10.3. The van der Waals surface area contributed by atoms with Gasteiger partial charge in [0.05, 0.1) is 12.4 Å². The van der Waals surface area contributed by atoms with Gasteiger partial charge in [0.1, 0.15) is 11.6 Å². The summed E-state index contributed by atoms with van der Waals surface area (Å²) in [5.41, 5.74) is 1.81. The minimum absolute atomic E-state index is 0.0821. The molecule has 0 saturated heterocycles. The van der Waals surface area contributed by atoms with Crippen molar-refractivity contribution in [1.82, 2.24) is 15.2 Å². The zero-order chi connectivity index (χ0) is 20.6. The van der Waals surface area contributed by atoms with Crippen molar-refractivity contribution in [2.24, 2.45) is 5.92 Å². The van der Waals surface area contributed by atoms with Crippen LogP contribution in [0.4, 0.5) is 5.69 Å². The van der Waals surface area contributed by atoms with Gasteiger partial charge >= 0.3 is 0 Å². The third kappa shape index (κ3) is 5.96. The number of anilines is 1. The molecule has 3 rings (SSSR count). The molecule has 150 valence electrons. The van der Waals surface area contributed by atoms with Crippen LogP contribution >= 0.6 is 11.8 Å². The molecular formula is C22H24N4O2S. The molecule has 1 aromatic heterocycles. The summed E-state index contributed by atoms with van der Waals surface area (Å²) < 4.78 is 5.15. The first-order valence-electron chi connectivity index (χ1n) is 9.32. The van der Waals surface area contributed by atoms with Crippen LogP contribution in [0.15, 0.2) is 59.8 Å². The van der Waals surface area contributed by atoms with Gasteiger partial charge in [-0.3, -0.25) is 9.89 Å². The molecule has 1 heterocycles. The second-order valence-electron chi connectivity index (χ2n) is 6.75. The number of hydrogen-bond acceptors (Lipinski definition) is 5. The summed E-state index contributed by atoms with van der Waals surface area (Å²) in [4.78, 5) is 17.3. The lowest BCUT2D eigenvalue weighted by Gasteiger charge is -2.18. The van der Waals surface area contributed by atoms with E-state index in [-0.39, 0.29) is 17.1 Å². The van der Waals surface area contributed by atoms with Crippen LogP contribution in [0.3, 0.4) is 0 Å². The molecule has 7 heteroatoms. The molecule has 0 aliphatic heterocycles. The van der Waals surface area contributed by atoms with E-state index in [4.69, 9.17) is 4.74 Å². The Kier molecular flexibility index (Phi) is 7.08. The van der Waals surface area contributed by atoms with E-state index in [1.54, 1.807) is 7.11 Å². The van der Waals surface area contributed by atoms with E-state index >= 15 is 0 Å². The van der Waals surface area contributed by atoms with E-state index in [1.165, 1.54) is 11.8 Å². The van der Waals surface area contributed by atoms with Crippen molar-refractivity contribution in [2.75, 3.05) is 12.4 Å². The van der Waals surface area contributed by atoms with Gasteiger partial charge in [0.2, 0.25) is 11.1 Å². The quantitative estimate of drug-likeness (QED) is 0.526. The Morgan fingerprint density at radius 3 is 2.48 bits per heavy atom. The molecule has 6 nitrogen and oxygen atoms in total. The Labute approximate surface area is 174 Å². The number of thioether (sulfide) groups is 1. The summed E-state index contributed by atoms with van der Waals surface area (Å²) in [7, 11) is 1.61. The van der Waals surface area contributed by atoms with Crippen molar-refractivity contribution in [1.29, 1.82) is 0 Å². The lowest BCUT2D eigenvalue weighted by atomic mass is 10.1. The van der Waals surface area contributed by atoms with E-state index in [0.29, 0.717) is 11.0 Å². The Balaban J connectivity index is 1.64. The fraction of sp³-hybridized carbons (Fsp3) is 0.227. The van der Waals surface area contributed by atoms with E-state index in [1.807, 2.05) is 80.6 Å². The first-order valence-corrected chi connectivity index (χ1v) is 10.2. The monoisotopic (exact) mass is 408 g/mol. The van der Waals surface area contributed by atoms with Gasteiger partial charge in [-0.25, -0.2) is 4.98 Å². The maximum atomic E-state index is 12.8. The largest absolute Gasteiger partial charge is 0.497 e. The molecule has 3 aromatic rings. The lowest BCUT2D eigenvalue weighted by molar-refractivity contribution is -0.116. The summed E-state index contributed by atoms with van der Waals surface area (Å²) in [5.74, 6) is 1.42. The Morgan fingerprint density at radius 1 is 1.10 bits per heavy atom. The fourth-order valence-electron chi connectivity index (χ4n) is 2.62. The van der Waals surface area contributed by atoms with Crippen LogP contribution in [0.2, 0.25) is 0 Å². The van der Waals surface area contributed by atoms with Crippen molar-refractivity contribution in [3.63, 3.8) is 0 Å². The number of H-pyrrole nitrogens is 1. The molecule has 29 heavy (non-hydrogen) atoms. The molecule has 0 saturated carbocycles. The summed E-state index contributed by atoms with van der Waals surface area (Å²) in [6, 6.07) is 17.2. The number of nitrogens with zero attached hydrogens (tertiary/aromatic N) is 2. The molecule has 0 aliphatic rings. The molecule has 1 amide bonds. The van der Waals surface area contributed by atoms with Crippen LogP contribution in [0, 0.1) is 5.92 Å². The normalized spacial score (nSPS) is 12.3. The first kappa shape index (κ1) is 20.7. The first-order chi connectivity index (χ1) is 14.0. The average Bonchev–Trinajstić information content (AvgIpc) is 3.19. The topological polar surface area (TPSA) is 79.9 Å². The van der Waals surface area contributed by atoms with Crippen molar-refractivity contribution < 1.29 is 9.53 Å². The minimum atomic E-state index is -0.321. The zero-order valence-electron chi connectivity index (χ0n) is 16.6. The van der Waals surface area contributed by atoms with Gasteiger partial charge in [0, 0.05) is 5.69 Å². The van der Waals surface area contributed by atoms with Crippen molar-refractivity contribution in [3.8, 4) is 5.75 Å². The van der Waals surface area contributed by atoms with E-state index in [2.05, 4.69) is 20.5 Å². The van der Waals surface area contributed by atoms with Crippen LogP contribution in [-0.4, -0.2) is 33.4 Å². The summed E-state index contributed by atoms with van der Waals surface area (Å²) in [6.45, 7) is 4.02. The van der Waals surface area contributed by atoms with Gasteiger partial charge < -0.3 is 10.1 Å². The Bertz CT molecular complexity index is 952. The number of carbonyl (C=O) groups is 1. The van der Waals surface area contributed by atoms with Gasteiger partial charge in [-0.15, -0.1) is 5.10 Å². The smallest absolute Gasteiger partial charge is 0.238 e. The van der Waals surface area contributed by atoms with Crippen molar-refractivity contribution in [3.05, 3.63) is 66.0 Å². The fourth-order valence-corrected chi connectivity index (χ4v) is 3.53.